The quantitative estimate of drug-likeness (QED) is 0.115. The number of hydrogen-bond acceptors (Lipinski definition) is 8. The SMILES string of the molecule is CC(=O)Nc1nc(CCc2ccc(N)cc2)cs1.CC(=O)Nc1nc(CCc2ccc(N=C(N)N)cc2)cs1. The zero-order valence-corrected chi connectivity index (χ0v) is 23.4. The number of guanidine groups is 1. The first-order valence-corrected chi connectivity index (χ1v) is 13.9. The van der Waals surface area contributed by atoms with Crippen LogP contribution in [0.4, 0.5) is 21.6 Å². The summed E-state index contributed by atoms with van der Waals surface area (Å²) >= 11 is 2.89. The fourth-order valence-electron chi connectivity index (χ4n) is 3.37. The number of aliphatic imine (C=N–C) groups is 1. The minimum Gasteiger partial charge on any atom is -0.399 e. The minimum atomic E-state index is -0.105. The molecule has 2 heterocycles. The molecule has 4 aromatic rings. The molecule has 0 spiro atoms. The number of nitrogens with two attached hydrogens (primary N) is 3. The maximum atomic E-state index is 10.9. The predicted octanol–water partition coefficient (Wildman–Crippen LogP) is 4.26. The summed E-state index contributed by atoms with van der Waals surface area (Å²) in [5.74, 6) is -0.142. The highest BCUT2D eigenvalue weighted by Gasteiger charge is 2.05. The Hall–Kier alpha value is -4.29. The molecule has 2 aromatic heterocycles. The number of hydrogen-bond donors (Lipinski definition) is 5. The summed E-state index contributed by atoms with van der Waals surface area (Å²) in [4.78, 5) is 34.5. The third-order valence-electron chi connectivity index (χ3n) is 5.18. The summed E-state index contributed by atoms with van der Waals surface area (Å²) in [7, 11) is 0. The Bertz CT molecular complexity index is 1390. The van der Waals surface area contributed by atoms with E-state index >= 15 is 0 Å². The van der Waals surface area contributed by atoms with Crippen molar-refractivity contribution in [1.29, 1.82) is 0 Å². The second-order valence-electron chi connectivity index (χ2n) is 8.60. The molecule has 12 heteroatoms. The summed E-state index contributed by atoms with van der Waals surface area (Å²) in [6.45, 7) is 2.95. The van der Waals surface area contributed by atoms with E-state index in [-0.39, 0.29) is 17.8 Å². The van der Waals surface area contributed by atoms with Crippen molar-refractivity contribution in [2.45, 2.75) is 39.5 Å². The van der Waals surface area contributed by atoms with Crippen LogP contribution >= 0.6 is 22.7 Å². The van der Waals surface area contributed by atoms with Gasteiger partial charge in [-0.2, -0.15) is 0 Å². The van der Waals surface area contributed by atoms with Crippen molar-refractivity contribution in [3.8, 4) is 0 Å². The Morgan fingerprint density at radius 1 is 0.744 bits per heavy atom. The van der Waals surface area contributed by atoms with Crippen LogP contribution in [0.2, 0.25) is 0 Å². The van der Waals surface area contributed by atoms with E-state index in [4.69, 9.17) is 17.2 Å². The van der Waals surface area contributed by atoms with Gasteiger partial charge in [-0.25, -0.2) is 15.0 Å². The van der Waals surface area contributed by atoms with E-state index in [9.17, 15) is 9.59 Å². The van der Waals surface area contributed by atoms with E-state index < -0.39 is 0 Å². The molecule has 8 N–H and O–H groups in total. The van der Waals surface area contributed by atoms with Crippen LogP contribution < -0.4 is 27.8 Å². The van der Waals surface area contributed by atoms with Gasteiger partial charge in [-0.05, 0) is 61.1 Å². The molecular formula is C27H32N8O2S2. The number of nitrogens with zero attached hydrogens (tertiary/aromatic N) is 3. The first-order chi connectivity index (χ1) is 18.7. The number of rotatable bonds is 9. The Morgan fingerprint density at radius 2 is 1.18 bits per heavy atom. The van der Waals surface area contributed by atoms with Crippen LogP contribution in [0.15, 0.2) is 64.3 Å². The topological polar surface area (TPSA) is 174 Å². The highest BCUT2D eigenvalue weighted by Crippen LogP contribution is 2.19. The summed E-state index contributed by atoms with van der Waals surface area (Å²) < 4.78 is 0. The van der Waals surface area contributed by atoms with Gasteiger partial charge in [-0.1, -0.05) is 24.3 Å². The van der Waals surface area contributed by atoms with Crippen molar-refractivity contribution in [3.63, 3.8) is 0 Å². The van der Waals surface area contributed by atoms with Crippen LogP contribution in [-0.2, 0) is 35.3 Å². The molecule has 204 valence electrons. The van der Waals surface area contributed by atoms with Gasteiger partial charge in [0.15, 0.2) is 16.2 Å². The van der Waals surface area contributed by atoms with E-state index in [0.717, 1.165) is 48.4 Å². The van der Waals surface area contributed by atoms with Crippen molar-refractivity contribution in [1.82, 2.24) is 9.97 Å². The number of nitrogen functional groups attached to an aromatic ring is 1. The molecule has 10 nitrogen and oxygen atoms in total. The zero-order chi connectivity index (χ0) is 28.2. The lowest BCUT2D eigenvalue weighted by Crippen LogP contribution is -2.21. The van der Waals surface area contributed by atoms with Gasteiger partial charge in [0, 0.05) is 30.3 Å². The lowest BCUT2D eigenvalue weighted by molar-refractivity contribution is -0.115. The van der Waals surface area contributed by atoms with Crippen LogP contribution in [0.1, 0.15) is 36.4 Å². The molecule has 0 fully saturated rings. The molecule has 0 unspecified atom stereocenters. The van der Waals surface area contributed by atoms with Crippen molar-refractivity contribution in [2.75, 3.05) is 16.4 Å². The summed E-state index contributed by atoms with van der Waals surface area (Å²) in [5.41, 5.74) is 22.2. The van der Waals surface area contributed by atoms with E-state index in [0.29, 0.717) is 10.3 Å². The number of amides is 2. The van der Waals surface area contributed by atoms with Crippen LogP contribution in [0.3, 0.4) is 0 Å². The Kier molecular flexibility index (Phi) is 11.0. The molecule has 39 heavy (non-hydrogen) atoms. The minimum absolute atomic E-state index is 0.0516. The Balaban J connectivity index is 0.000000218. The van der Waals surface area contributed by atoms with Gasteiger partial charge in [0.05, 0.1) is 17.1 Å². The van der Waals surface area contributed by atoms with Crippen LogP contribution in [0, 0.1) is 0 Å². The summed E-state index contributed by atoms with van der Waals surface area (Å²) in [5, 5.41) is 10.6. The van der Waals surface area contributed by atoms with E-state index in [1.54, 1.807) is 0 Å². The monoisotopic (exact) mass is 564 g/mol. The van der Waals surface area contributed by atoms with E-state index in [1.165, 1.54) is 47.6 Å². The zero-order valence-electron chi connectivity index (χ0n) is 21.8. The first-order valence-electron chi connectivity index (χ1n) is 12.1. The summed E-state index contributed by atoms with van der Waals surface area (Å²) in [6, 6.07) is 15.6. The fourth-order valence-corrected chi connectivity index (χ4v) is 4.96. The molecule has 2 aromatic carbocycles. The van der Waals surface area contributed by atoms with Crippen molar-refractivity contribution in [2.24, 2.45) is 16.5 Å². The number of thiazole rings is 2. The van der Waals surface area contributed by atoms with Gasteiger partial charge < -0.3 is 27.8 Å². The van der Waals surface area contributed by atoms with Gasteiger partial charge in [0.1, 0.15) is 0 Å². The molecule has 0 bridgehead atoms. The predicted molar refractivity (Wildman–Crippen MR) is 160 cm³/mol. The molecule has 0 saturated heterocycles. The second-order valence-corrected chi connectivity index (χ2v) is 10.3. The van der Waals surface area contributed by atoms with Crippen LogP contribution in [0.25, 0.3) is 0 Å². The third kappa shape index (κ3) is 10.9. The van der Waals surface area contributed by atoms with E-state index in [1.807, 2.05) is 59.3 Å². The van der Waals surface area contributed by atoms with Crippen molar-refractivity contribution in [3.05, 3.63) is 81.8 Å². The molecule has 0 saturated carbocycles. The van der Waals surface area contributed by atoms with Gasteiger partial charge >= 0.3 is 0 Å². The lowest BCUT2D eigenvalue weighted by Gasteiger charge is -2.01. The third-order valence-corrected chi connectivity index (χ3v) is 6.80. The maximum absolute atomic E-state index is 10.9. The largest absolute Gasteiger partial charge is 0.399 e. The number of anilines is 3. The molecule has 0 atom stereocenters. The standard InChI is InChI=1S/C14H17N5OS.C13H15N3OS/c1-9(20)17-14-19-12(8-21-14)7-4-10-2-5-11(6-3-10)18-13(15)16;1-9(17)15-13-16-12(8-18-13)7-4-10-2-5-11(14)6-3-10/h2-3,5-6,8H,4,7H2,1H3,(H4,15,16,18)(H,17,19,20);2-3,5-6,8H,4,7,14H2,1H3,(H,15,16,17). The van der Waals surface area contributed by atoms with Crippen molar-refractivity contribution >= 4 is 62.1 Å². The maximum Gasteiger partial charge on any atom is 0.223 e. The highest BCUT2D eigenvalue weighted by molar-refractivity contribution is 7.14. The average molecular weight is 565 g/mol. The number of carbonyl (C=O) groups excluding carboxylic acids is 2. The van der Waals surface area contributed by atoms with Gasteiger partial charge in [-0.3, -0.25) is 9.59 Å². The first kappa shape index (κ1) is 29.3. The Morgan fingerprint density at radius 3 is 1.59 bits per heavy atom. The van der Waals surface area contributed by atoms with Gasteiger partial charge in [0.25, 0.3) is 0 Å². The molecule has 0 radical (unpaired) electrons. The molecule has 2 amide bonds. The van der Waals surface area contributed by atoms with Crippen LogP contribution in [-0.4, -0.2) is 27.7 Å². The molecule has 4 rings (SSSR count). The summed E-state index contributed by atoms with van der Waals surface area (Å²) in [6.07, 6.45) is 3.46. The number of benzene rings is 2. The van der Waals surface area contributed by atoms with E-state index in [2.05, 4.69) is 25.6 Å². The smallest absolute Gasteiger partial charge is 0.223 e. The van der Waals surface area contributed by atoms with Crippen molar-refractivity contribution < 1.29 is 9.59 Å². The number of carbonyl (C=O) groups is 2. The average Bonchev–Trinajstić information content (AvgIpc) is 3.52. The highest BCUT2D eigenvalue weighted by atomic mass is 32.1. The molecule has 0 aliphatic carbocycles. The lowest BCUT2D eigenvalue weighted by atomic mass is 10.1. The molecule has 0 aliphatic heterocycles. The number of aryl methyl sites for hydroxylation is 4. The number of aromatic nitrogens is 2. The van der Waals surface area contributed by atoms with Crippen LogP contribution in [0.5, 0.6) is 0 Å². The number of nitrogens with one attached hydrogen (secondary N) is 2. The molecule has 0 aliphatic rings. The molecular weight excluding hydrogens is 532 g/mol. The fraction of sp³-hybridized carbons (Fsp3) is 0.222. The van der Waals surface area contributed by atoms with Gasteiger partial charge in [-0.15, -0.1) is 22.7 Å². The second kappa shape index (κ2) is 14.6. The normalized spacial score (nSPS) is 10.2. The van der Waals surface area contributed by atoms with Gasteiger partial charge in [0.2, 0.25) is 11.8 Å². The Labute approximate surface area is 235 Å².